The summed E-state index contributed by atoms with van der Waals surface area (Å²) in [4.78, 5) is 77.4. The van der Waals surface area contributed by atoms with Gasteiger partial charge in [0.15, 0.2) is 18.2 Å². The Bertz CT molecular complexity index is 2600. The number of amides is 4. The maximum atomic E-state index is 16.1. The average Bonchev–Trinajstić information content (AvgIpc) is 3.61. The molecule has 4 amide bonds. The molecule has 3 saturated heterocycles. The number of hydrogen-bond donors (Lipinski definition) is 4. The van der Waals surface area contributed by atoms with Crippen molar-refractivity contribution < 1.29 is 38.1 Å². The largest absolute Gasteiger partial charge is 0.478 e. The number of aromatic nitrogens is 3. The number of rotatable bonds is 12. The Morgan fingerprint density at radius 1 is 1.03 bits per heavy atom. The van der Waals surface area contributed by atoms with Crippen molar-refractivity contribution >= 4 is 63.6 Å². The number of ether oxygens (including phenoxy) is 2. The standard InChI is InChI=1S/C46H53ClFN9O8/c1-24(2)57-35-7-4-26(16-25(35)17-38(45(57)63)64-23-40(60)49-3)51-42-34(47)20-50-46(53-42)54-13-10-28(11-14-54)65-29-18-27(19-29)55-15-12-30(37(58)22-55)31-5-6-32-33(41(31)48)21-56(44(32)62)36-8-9-39(59)52-43(36)61/h4-7,16-17,20,24,27-30,36-37,58H,8-15,18-19,21-23H2,1-3H3,(H,49,60)(H,50,51,53)(H,52,59,61)/t27?,29?,30-,36-,37+/m1/s1. The molecule has 6 heterocycles. The second-order valence-corrected chi connectivity index (χ2v) is 18.3. The number of likely N-dealkylation sites (N-methyl/N-ethyl adjacent to an activating group) is 1. The van der Waals surface area contributed by atoms with Crippen molar-refractivity contribution in [1.82, 2.24) is 35.0 Å². The molecule has 0 spiro atoms. The van der Waals surface area contributed by atoms with Crippen LogP contribution in [0.1, 0.15) is 92.2 Å². The van der Waals surface area contributed by atoms with E-state index in [0.29, 0.717) is 66.2 Å². The van der Waals surface area contributed by atoms with Gasteiger partial charge in [0.1, 0.15) is 16.9 Å². The molecule has 19 heteroatoms. The van der Waals surface area contributed by atoms with Gasteiger partial charge in [0, 0.05) is 73.3 Å². The molecule has 0 radical (unpaired) electrons. The summed E-state index contributed by atoms with van der Waals surface area (Å²) >= 11 is 6.59. The summed E-state index contributed by atoms with van der Waals surface area (Å²) in [6.45, 7) is 6.00. The quantitative estimate of drug-likeness (QED) is 0.148. The van der Waals surface area contributed by atoms with Gasteiger partial charge in [-0.3, -0.25) is 34.2 Å². The van der Waals surface area contributed by atoms with Gasteiger partial charge >= 0.3 is 0 Å². The van der Waals surface area contributed by atoms with Crippen molar-refractivity contribution in [3.8, 4) is 5.75 Å². The van der Waals surface area contributed by atoms with Gasteiger partial charge in [0.2, 0.25) is 17.8 Å². The van der Waals surface area contributed by atoms with E-state index in [1.807, 2.05) is 32.0 Å². The summed E-state index contributed by atoms with van der Waals surface area (Å²) in [6.07, 6.45) is 5.19. The number of fused-ring (bicyclic) bond motifs is 2. The van der Waals surface area contributed by atoms with Crippen molar-refractivity contribution in [1.29, 1.82) is 0 Å². The second kappa shape index (κ2) is 18.3. The highest BCUT2D eigenvalue weighted by Crippen LogP contribution is 2.40. The topological polar surface area (TPSA) is 201 Å². The van der Waals surface area contributed by atoms with Crippen LogP contribution in [0.15, 0.2) is 47.4 Å². The van der Waals surface area contributed by atoms with Crippen LogP contribution in [-0.4, -0.2) is 123 Å². The van der Waals surface area contributed by atoms with Crippen LogP contribution < -0.4 is 31.1 Å². The fraction of sp³-hybridized carbons (Fsp3) is 0.500. The molecule has 4 fully saturated rings. The molecule has 17 nitrogen and oxygen atoms in total. The van der Waals surface area contributed by atoms with Crippen LogP contribution in [0, 0.1) is 5.82 Å². The molecule has 4 aromatic rings. The Kier molecular flexibility index (Phi) is 12.5. The van der Waals surface area contributed by atoms with E-state index in [0.717, 1.165) is 31.1 Å². The number of pyridine rings is 1. The summed E-state index contributed by atoms with van der Waals surface area (Å²) in [5, 5.41) is 20.5. The normalized spacial score (nSPS) is 24.0. The number of carbonyl (C=O) groups is 4. The minimum absolute atomic E-state index is 0.0493. The van der Waals surface area contributed by atoms with E-state index in [-0.39, 0.29) is 84.5 Å². The molecule has 3 atom stereocenters. The molecule has 2 aromatic carbocycles. The summed E-state index contributed by atoms with van der Waals surface area (Å²) in [5.41, 5.74) is 1.93. The van der Waals surface area contributed by atoms with Crippen molar-refractivity contribution in [3.63, 3.8) is 0 Å². The number of hydrogen-bond acceptors (Lipinski definition) is 13. The van der Waals surface area contributed by atoms with Gasteiger partial charge in [0.25, 0.3) is 17.4 Å². The minimum Gasteiger partial charge on any atom is -0.478 e. The Balaban J connectivity index is 0.756. The first kappa shape index (κ1) is 44.5. The van der Waals surface area contributed by atoms with E-state index >= 15 is 4.39 Å². The molecular weight excluding hydrogens is 861 g/mol. The maximum Gasteiger partial charge on any atom is 0.293 e. The average molecular weight is 914 g/mol. The molecule has 4 N–H and O–H groups in total. The Labute approximate surface area is 379 Å². The predicted octanol–water partition coefficient (Wildman–Crippen LogP) is 4.16. The van der Waals surface area contributed by atoms with Gasteiger partial charge in [-0.25, -0.2) is 9.37 Å². The Hall–Kier alpha value is -5.69. The van der Waals surface area contributed by atoms with Crippen LogP contribution in [0.25, 0.3) is 10.9 Å². The predicted molar refractivity (Wildman–Crippen MR) is 239 cm³/mol. The number of nitrogens with one attached hydrogen (secondary N) is 3. The lowest BCUT2D eigenvalue weighted by molar-refractivity contribution is -0.137. The zero-order valence-corrected chi connectivity index (χ0v) is 37.3. The number of β-amino-alcohol motifs (C(OH)–C–C–N with tert-alkyl or cyclic N) is 1. The highest BCUT2D eigenvalue weighted by atomic mass is 35.5. The first-order chi connectivity index (χ1) is 31.3. The fourth-order valence-corrected chi connectivity index (χ4v) is 10.1. The lowest BCUT2D eigenvalue weighted by Gasteiger charge is -2.48. The molecule has 0 bridgehead atoms. The smallest absolute Gasteiger partial charge is 0.293 e. The molecule has 344 valence electrons. The summed E-state index contributed by atoms with van der Waals surface area (Å²) < 4.78 is 29.9. The van der Waals surface area contributed by atoms with E-state index < -0.39 is 35.7 Å². The molecule has 0 unspecified atom stereocenters. The summed E-state index contributed by atoms with van der Waals surface area (Å²) in [5.74, 6) is -1.57. The minimum atomic E-state index is -0.824. The first-order valence-electron chi connectivity index (χ1n) is 22.4. The van der Waals surface area contributed by atoms with E-state index in [1.54, 1.807) is 29.0 Å². The third-order valence-corrected chi connectivity index (χ3v) is 13.8. The zero-order chi connectivity index (χ0) is 45.7. The number of benzene rings is 2. The number of imide groups is 1. The van der Waals surface area contributed by atoms with Crippen molar-refractivity contribution in [2.24, 2.45) is 0 Å². The number of likely N-dealkylation sites (tertiary alicyclic amines) is 1. The van der Waals surface area contributed by atoms with E-state index in [2.05, 4.69) is 30.7 Å². The van der Waals surface area contributed by atoms with Crippen molar-refractivity contribution in [2.75, 3.05) is 50.1 Å². The van der Waals surface area contributed by atoms with Gasteiger partial charge < -0.3 is 39.6 Å². The monoisotopic (exact) mass is 913 g/mol. The van der Waals surface area contributed by atoms with Crippen LogP contribution in [-0.2, 0) is 25.7 Å². The van der Waals surface area contributed by atoms with E-state index in [9.17, 15) is 29.1 Å². The SMILES string of the molecule is CNC(=O)COc1cc2cc(Nc3nc(N4CCC(OC5CC(N6CC[C@H](c7ccc8c(c7F)CN([C@@H]7CCC(=O)NC7=O)C8=O)[C@@H](O)C6)C5)CC4)ncc3Cl)ccc2n(C(C)C)c1=O. The van der Waals surface area contributed by atoms with Crippen LogP contribution in [0.2, 0.25) is 5.02 Å². The lowest BCUT2D eigenvalue weighted by Crippen LogP contribution is -2.55. The molecule has 1 aliphatic carbocycles. The maximum absolute atomic E-state index is 16.1. The van der Waals surface area contributed by atoms with Crippen molar-refractivity contribution in [2.45, 2.75) is 108 Å². The van der Waals surface area contributed by atoms with Crippen LogP contribution in [0.3, 0.4) is 0 Å². The molecule has 4 aliphatic heterocycles. The lowest BCUT2D eigenvalue weighted by atomic mass is 9.81. The van der Waals surface area contributed by atoms with Crippen LogP contribution in [0.4, 0.5) is 21.8 Å². The summed E-state index contributed by atoms with van der Waals surface area (Å²) in [6, 6.07) is 9.70. The Morgan fingerprint density at radius 2 is 1.82 bits per heavy atom. The summed E-state index contributed by atoms with van der Waals surface area (Å²) in [7, 11) is 1.50. The second-order valence-electron chi connectivity index (χ2n) is 17.9. The number of piperidine rings is 3. The van der Waals surface area contributed by atoms with Gasteiger partial charge in [-0.1, -0.05) is 17.7 Å². The molecular formula is C46H53ClFN9O8. The highest BCUT2D eigenvalue weighted by molar-refractivity contribution is 6.33. The van der Waals surface area contributed by atoms with Crippen LogP contribution in [0.5, 0.6) is 5.75 Å². The highest BCUT2D eigenvalue weighted by Gasteiger charge is 2.44. The van der Waals surface area contributed by atoms with Gasteiger partial charge in [0.05, 0.1) is 36.6 Å². The van der Waals surface area contributed by atoms with Gasteiger partial charge in [-0.05, 0) is 94.8 Å². The number of halogens is 2. The third kappa shape index (κ3) is 8.88. The molecule has 5 aliphatic rings. The van der Waals surface area contributed by atoms with Gasteiger partial charge in [-0.15, -0.1) is 0 Å². The molecule has 9 rings (SSSR count). The number of aliphatic hydroxyl groups is 1. The number of nitrogens with zero attached hydrogens (tertiary/aromatic N) is 6. The van der Waals surface area contributed by atoms with E-state index in [1.165, 1.54) is 11.9 Å². The zero-order valence-electron chi connectivity index (χ0n) is 36.5. The first-order valence-corrected chi connectivity index (χ1v) is 22.7. The fourth-order valence-electron chi connectivity index (χ4n) is 9.93. The third-order valence-electron chi connectivity index (χ3n) is 13.5. The number of anilines is 3. The molecule has 2 aromatic heterocycles. The Morgan fingerprint density at radius 3 is 2.54 bits per heavy atom. The molecule has 65 heavy (non-hydrogen) atoms. The van der Waals surface area contributed by atoms with Crippen molar-refractivity contribution in [3.05, 3.63) is 80.5 Å². The van der Waals surface area contributed by atoms with Gasteiger partial charge in [-0.2, -0.15) is 4.98 Å². The van der Waals surface area contributed by atoms with Crippen LogP contribution >= 0.6 is 11.6 Å². The van der Waals surface area contributed by atoms with E-state index in [4.69, 9.17) is 26.1 Å². The number of carbonyl (C=O) groups excluding carboxylic acids is 4. The number of aliphatic hydroxyl groups excluding tert-OH is 1. The molecule has 1 saturated carbocycles.